The first-order valence-electron chi connectivity index (χ1n) is 7.80. The molecule has 0 spiro atoms. The smallest absolute Gasteiger partial charge is 0.433 e. The first kappa shape index (κ1) is 21.3. The summed E-state index contributed by atoms with van der Waals surface area (Å²) in [6.07, 6.45) is -4.70. The number of anilines is 3. The quantitative estimate of drug-likeness (QED) is 0.503. The second-order valence-electron chi connectivity index (χ2n) is 6.05. The van der Waals surface area contributed by atoms with Crippen LogP contribution >= 0.6 is 23.2 Å². The fourth-order valence-electron chi connectivity index (χ4n) is 2.10. The summed E-state index contributed by atoms with van der Waals surface area (Å²) < 4.78 is 39.5. The van der Waals surface area contributed by atoms with Crippen LogP contribution in [0.3, 0.4) is 0 Å². The van der Waals surface area contributed by atoms with Gasteiger partial charge in [-0.2, -0.15) is 18.2 Å². The van der Waals surface area contributed by atoms with Crippen LogP contribution in [0.25, 0.3) is 0 Å². The fraction of sp³-hybridized carbons (Fsp3) is 0.375. The molecule has 2 aromatic rings. The number of phenolic OH excluding ortho intramolecular Hbond substituents is 1. The van der Waals surface area contributed by atoms with Gasteiger partial charge in [0.1, 0.15) is 5.82 Å². The first-order chi connectivity index (χ1) is 12.5. The topological polar surface area (TPSA) is 90.3 Å². The SMILES string of the molecule is CC(C)[C@@H](CO)Nc1nc(Nc2cc(Cl)c(O)c(Cl)c2)cc(C(F)(F)F)n1. The molecule has 11 heteroatoms. The lowest BCUT2D eigenvalue weighted by molar-refractivity contribution is -0.141. The molecule has 1 aromatic heterocycles. The molecule has 1 aromatic carbocycles. The fourth-order valence-corrected chi connectivity index (χ4v) is 2.58. The average molecular weight is 425 g/mol. The van der Waals surface area contributed by atoms with E-state index in [9.17, 15) is 23.4 Å². The van der Waals surface area contributed by atoms with Crippen molar-refractivity contribution in [1.82, 2.24) is 9.97 Å². The van der Waals surface area contributed by atoms with Crippen molar-refractivity contribution in [1.29, 1.82) is 0 Å². The highest BCUT2D eigenvalue weighted by atomic mass is 35.5. The van der Waals surface area contributed by atoms with Crippen LogP contribution in [0.2, 0.25) is 10.0 Å². The van der Waals surface area contributed by atoms with E-state index in [-0.39, 0.29) is 45.8 Å². The number of nitrogens with one attached hydrogen (secondary N) is 2. The van der Waals surface area contributed by atoms with Crippen LogP contribution in [-0.2, 0) is 6.18 Å². The van der Waals surface area contributed by atoms with Gasteiger partial charge < -0.3 is 20.8 Å². The zero-order valence-electron chi connectivity index (χ0n) is 14.3. The van der Waals surface area contributed by atoms with Gasteiger partial charge in [-0.05, 0) is 18.1 Å². The molecule has 4 N–H and O–H groups in total. The predicted molar refractivity (Wildman–Crippen MR) is 97.8 cm³/mol. The van der Waals surface area contributed by atoms with Crippen molar-refractivity contribution in [3.63, 3.8) is 0 Å². The zero-order chi connectivity index (χ0) is 20.4. The van der Waals surface area contributed by atoms with Crippen LogP contribution in [0.15, 0.2) is 18.2 Å². The highest BCUT2D eigenvalue weighted by Gasteiger charge is 2.34. The molecule has 148 valence electrons. The molecule has 0 radical (unpaired) electrons. The Morgan fingerprint density at radius 1 is 1.11 bits per heavy atom. The Morgan fingerprint density at radius 2 is 1.70 bits per heavy atom. The number of aliphatic hydroxyl groups excluding tert-OH is 1. The standard InChI is InChI=1S/C16H17Cl2F3N4O2/c1-7(2)11(6-26)23-15-24-12(16(19,20)21)5-13(25-15)22-8-3-9(17)14(27)10(18)4-8/h3-5,7,11,26-27H,6H2,1-2H3,(H2,22,23,24,25)/t11-/m1/s1. The third kappa shape index (κ3) is 5.50. The molecule has 0 amide bonds. The van der Waals surface area contributed by atoms with Gasteiger partial charge in [0.2, 0.25) is 5.95 Å². The lowest BCUT2D eigenvalue weighted by Crippen LogP contribution is -2.30. The number of benzene rings is 1. The molecule has 0 aliphatic rings. The second-order valence-corrected chi connectivity index (χ2v) is 6.87. The van der Waals surface area contributed by atoms with Crippen molar-refractivity contribution < 1.29 is 23.4 Å². The number of phenols is 1. The molecule has 0 bridgehead atoms. The van der Waals surface area contributed by atoms with Crippen molar-refractivity contribution in [2.24, 2.45) is 5.92 Å². The maximum Gasteiger partial charge on any atom is 0.433 e. The molecular weight excluding hydrogens is 408 g/mol. The van der Waals surface area contributed by atoms with Crippen molar-refractivity contribution in [3.8, 4) is 5.75 Å². The van der Waals surface area contributed by atoms with Gasteiger partial charge >= 0.3 is 6.18 Å². The number of aliphatic hydroxyl groups is 1. The molecule has 0 saturated carbocycles. The highest BCUT2D eigenvalue weighted by Crippen LogP contribution is 2.36. The van der Waals surface area contributed by atoms with Crippen LogP contribution in [0.1, 0.15) is 19.5 Å². The van der Waals surface area contributed by atoms with Gasteiger partial charge in [-0.25, -0.2) is 4.98 Å². The first-order valence-corrected chi connectivity index (χ1v) is 8.55. The van der Waals surface area contributed by atoms with Gasteiger partial charge in [-0.15, -0.1) is 0 Å². The molecule has 6 nitrogen and oxygen atoms in total. The minimum absolute atomic E-state index is 0.0701. The molecule has 1 atom stereocenters. The van der Waals surface area contributed by atoms with Crippen molar-refractivity contribution in [2.75, 3.05) is 17.2 Å². The summed E-state index contributed by atoms with van der Waals surface area (Å²) in [4.78, 5) is 7.48. The average Bonchev–Trinajstić information content (AvgIpc) is 2.56. The van der Waals surface area contributed by atoms with E-state index < -0.39 is 17.9 Å². The molecule has 0 fully saturated rings. The van der Waals surface area contributed by atoms with Crippen molar-refractivity contribution in [3.05, 3.63) is 33.9 Å². The Balaban J connectivity index is 2.41. The minimum Gasteiger partial charge on any atom is -0.505 e. The molecule has 1 heterocycles. The molecule has 2 rings (SSSR count). The van der Waals surface area contributed by atoms with Gasteiger partial charge in [0, 0.05) is 11.8 Å². The Morgan fingerprint density at radius 3 is 2.19 bits per heavy atom. The number of aromatic nitrogens is 2. The van der Waals surface area contributed by atoms with Crippen LogP contribution < -0.4 is 10.6 Å². The van der Waals surface area contributed by atoms with E-state index in [1.54, 1.807) is 13.8 Å². The third-order valence-corrected chi connectivity index (χ3v) is 4.20. The van der Waals surface area contributed by atoms with Crippen LogP contribution in [0, 0.1) is 5.92 Å². The molecule has 0 aliphatic heterocycles. The largest absolute Gasteiger partial charge is 0.505 e. The second kappa shape index (κ2) is 8.37. The van der Waals surface area contributed by atoms with E-state index in [1.165, 1.54) is 12.1 Å². The Kier molecular flexibility index (Phi) is 6.61. The maximum atomic E-state index is 13.2. The van der Waals surface area contributed by atoms with Gasteiger partial charge in [0.25, 0.3) is 0 Å². The number of aromatic hydroxyl groups is 1. The summed E-state index contributed by atoms with van der Waals surface area (Å²) in [5, 5.41) is 24.1. The van der Waals surface area contributed by atoms with Crippen LogP contribution in [0.4, 0.5) is 30.6 Å². The number of alkyl halides is 3. The zero-order valence-corrected chi connectivity index (χ0v) is 15.8. The highest BCUT2D eigenvalue weighted by molar-refractivity contribution is 6.37. The van der Waals surface area contributed by atoms with Crippen LogP contribution in [-0.4, -0.2) is 32.8 Å². The van der Waals surface area contributed by atoms with E-state index in [0.29, 0.717) is 0 Å². The summed E-state index contributed by atoms with van der Waals surface area (Å²) in [5.74, 6) is -0.874. The Hall–Kier alpha value is -1.97. The Labute approximate surface area is 163 Å². The van der Waals surface area contributed by atoms with E-state index in [2.05, 4.69) is 20.6 Å². The molecule has 0 aliphatic carbocycles. The van der Waals surface area contributed by atoms with E-state index in [1.807, 2.05) is 0 Å². The van der Waals surface area contributed by atoms with Crippen molar-refractivity contribution >= 4 is 40.7 Å². The number of rotatable bonds is 6. The lowest BCUT2D eigenvalue weighted by Gasteiger charge is -2.21. The van der Waals surface area contributed by atoms with E-state index in [4.69, 9.17) is 23.2 Å². The molecule has 27 heavy (non-hydrogen) atoms. The lowest BCUT2D eigenvalue weighted by atomic mass is 10.1. The van der Waals surface area contributed by atoms with Gasteiger partial charge in [-0.3, -0.25) is 0 Å². The van der Waals surface area contributed by atoms with Gasteiger partial charge in [0.15, 0.2) is 11.4 Å². The number of hydrogen-bond acceptors (Lipinski definition) is 6. The summed E-state index contributed by atoms with van der Waals surface area (Å²) in [7, 11) is 0. The number of nitrogens with zero attached hydrogens (tertiary/aromatic N) is 2. The third-order valence-electron chi connectivity index (χ3n) is 3.62. The Bertz CT molecular complexity index is 796. The maximum absolute atomic E-state index is 13.2. The molecule has 0 saturated heterocycles. The van der Waals surface area contributed by atoms with E-state index >= 15 is 0 Å². The summed E-state index contributed by atoms with van der Waals surface area (Å²) >= 11 is 11.6. The summed E-state index contributed by atoms with van der Waals surface area (Å²) in [6.45, 7) is 3.28. The van der Waals surface area contributed by atoms with Crippen LogP contribution in [0.5, 0.6) is 5.75 Å². The van der Waals surface area contributed by atoms with Gasteiger partial charge in [0.05, 0.1) is 22.7 Å². The number of hydrogen-bond donors (Lipinski definition) is 4. The monoisotopic (exact) mass is 424 g/mol. The van der Waals surface area contributed by atoms with Gasteiger partial charge in [-0.1, -0.05) is 37.0 Å². The molecule has 0 unspecified atom stereocenters. The summed E-state index contributed by atoms with van der Waals surface area (Å²) in [5.41, 5.74) is -0.943. The number of halogens is 5. The normalized spacial score (nSPS) is 12.9. The van der Waals surface area contributed by atoms with Crippen molar-refractivity contribution in [2.45, 2.75) is 26.1 Å². The predicted octanol–water partition coefficient (Wildman–Crippen LogP) is 4.68. The van der Waals surface area contributed by atoms with E-state index in [0.717, 1.165) is 6.07 Å². The molecular formula is C16H17Cl2F3N4O2. The summed E-state index contributed by atoms with van der Waals surface area (Å²) in [6, 6.07) is 2.77. The minimum atomic E-state index is -4.70.